The molecule has 0 radical (unpaired) electrons. The molecule has 0 N–H and O–H groups in total. The van der Waals surface area contributed by atoms with Gasteiger partial charge in [-0.2, -0.15) is 5.01 Å². The number of hydrogen-bond acceptors (Lipinski definition) is 6. The molecule has 1 fully saturated rings. The molecule has 0 atom stereocenters. The Labute approximate surface area is 182 Å². The fraction of sp³-hybridized carbons (Fsp3) is 0.350. The van der Waals surface area contributed by atoms with E-state index in [2.05, 4.69) is 15.0 Å². The van der Waals surface area contributed by atoms with Gasteiger partial charge in [-0.05, 0) is 50.2 Å². The molecule has 0 spiro atoms. The van der Waals surface area contributed by atoms with Gasteiger partial charge in [-0.1, -0.05) is 18.2 Å². The second kappa shape index (κ2) is 11.0. The number of nitrogens with zero attached hydrogens (tertiary/aromatic N) is 4. The quantitative estimate of drug-likeness (QED) is 0.692. The summed E-state index contributed by atoms with van der Waals surface area (Å²) in [6, 6.07) is 12.9. The highest BCUT2D eigenvalue weighted by Gasteiger charge is 2.26. The molecule has 0 saturated carbocycles. The van der Waals surface area contributed by atoms with Crippen molar-refractivity contribution in [3.8, 4) is 5.75 Å². The Morgan fingerprint density at radius 3 is 2.55 bits per heavy atom. The number of para-hydroxylation sites is 1. The lowest BCUT2D eigenvalue weighted by Crippen LogP contribution is -2.37. The molecule has 29 heavy (non-hydrogen) atoms. The minimum absolute atomic E-state index is 0. The summed E-state index contributed by atoms with van der Waals surface area (Å²) in [5.74, 6) is 0.672. The third-order valence-corrected chi connectivity index (χ3v) is 4.60. The van der Waals surface area contributed by atoms with Gasteiger partial charge in [0.25, 0.3) is 11.8 Å². The van der Waals surface area contributed by atoms with Crippen molar-refractivity contribution >= 4 is 42.3 Å². The van der Waals surface area contributed by atoms with Crippen LogP contribution in [0.25, 0.3) is 0 Å². The van der Waals surface area contributed by atoms with E-state index >= 15 is 0 Å². The van der Waals surface area contributed by atoms with Gasteiger partial charge in [0, 0.05) is 12.7 Å². The molecule has 0 aliphatic carbocycles. The molecule has 2 aromatic rings. The van der Waals surface area contributed by atoms with Gasteiger partial charge >= 0.3 is 0 Å². The topological polar surface area (TPSA) is 67.3 Å². The maximum atomic E-state index is 12.2. The molecule has 1 amide bonds. The predicted octanol–water partition coefficient (Wildman–Crippen LogP) is 3.12. The zero-order valence-corrected chi connectivity index (χ0v) is 17.5. The number of carbonyl (C=O) groups excluding carboxylic acids is 1. The van der Waals surface area contributed by atoms with Crippen LogP contribution in [0.3, 0.4) is 0 Å². The van der Waals surface area contributed by atoms with Gasteiger partial charge in [-0.25, -0.2) is 4.98 Å². The van der Waals surface area contributed by atoms with Crippen molar-refractivity contribution in [2.75, 3.05) is 37.9 Å². The van der Waals surface area contributed by atoms with Crippen molar-refractivity contribution in [2.45, 2.75) is 12.8 Å². The monoisotopic (exact) mass is 438 g/mol. The number of anilines is 1. The lowest BCUT2D eigenvalue weighted by molar-refractivity contribution is -0.121. The van der Waals surface area contributed by atoms with Crippen molar-refractivity contribution in [1.82, 2.24) is 9.88 Å². The van der Waals surface area contributed by atoms with Gasteiger partial charge < -0.3 is 9.47 Å². The summed E-state index contributed by atoms with van der Waals surface area (Å²) in [6.45, 7) is 3.64. The Morgan fingerprint density at radius 1 is 1.03 bits per heavy atom. The van der Waals surface area contributed by atoms with Gasteiger partial charge in [0.05, 0.1) is 5.69 Å². The highest BCUT2D eigenvalue weighted by Crippen LogP contribution is 2.22. The van der Waals surface area contributed by atoms with Gasteiger partial charge in [-0.15, -0.1) is 29.9 Å². The first kappa shape index (κ1) is 22.9. The van der Waals surface area contributed by atoms with E-state index in [1.54, 1.807) is 6.20 Å². The third-order valence-electron chi connectivity index (χ3n) is 4.60. The van der Waals surface area contributed by atoms with E-state index in [1.807, 2.05) is 42.5 Å². The molecule has 3 heterocycles. The summed E-state index contributed by atoms with van der Waals surface area (Å²) in [7, 11) is 0. The van der Waals surface area contributed by atoms with E-state index in [0.717, 1.165) is 19.6 Å². The first-order valence-corrected chi connectivity index (χ1v) is 9.21. The van der Waals surface area contributed by atoms with Crippen LogP contribution in [0, 0.1) is 0 Å². The number of benzene rings is 1. The Morgan fingerprint density at radius 2 is 1.79 bits per heavy atom. The summed E-state index contributed by atoms with van der Waals surface area (Å²) in [5, 5.41) is 5.72. The van der Waals surface area contributed by atoms with E-state index in [1.165, 1.54) is 17.9 Å². The van der Waals surface area contributed by atoms with Crippen LogP contribution < -0.4 is 9.75 Å². The molecule has 2 aliphatic rings. The minimum Gasteiger partial charge on any atom is -0.490 e. The number of rotatable bonds is 6. The maximum Gasteiger partial charge on any atom is 0.285 e. The Kier molecular flexibility index (Phi) is 8.70. The Hall–Kier alpha value is -2.35. The van der Waals surface area contributed by atoms with Crippen LogP contribution in [0.15, 0.2) is 53.8 Å². The third kappa shape index (κ3) is 5.59. The molecule has 0 unspecified atom stereocenters. The number of amides is 1. The van der Waals surface area contributed by atoms with Crippen LogP contribution in [0.1, 0.15) is 18.5 Å². The highest BCUT2D eigenvalue weighted by atomic mass is 35.5. The molecular formula is C20H24Cl2N4O3. The Balaban J connectivity index is 0.00000150. The van der Waals surface area contributed by atoms with Gasteiger partial charge in [0.2, 0.25) is 0 Å². The van der Waals surface area contributed by atoms with E-state index in [4.69, 9.17) is 9.47 Å². The number of aromatic nitrogens is 1. The van der Waals surface area contributed by atoms with Gasteiger partial charge in [-0.3, -0.25) is 9.69 Å². The lowest BCUT2D eigenvalue weighted by atomic mass is 10.3. The fourth-order valence-corrected chi connectivity index (χ4v) is 3.21. The van der Waals surface area contributed by atoms with Crippen LogP contribution in [0.5, 0.6) is 5.75 Å². The van der Waals surface area contributed by atoms with Gasteiger partial charge in [0.15, 0.2) is 18.1 Å². The number of pyridine rings is 1. The highest BCUT2D eigenvalue weighted by molar-refractivity contribution is 6.04. The molecule has 2 aliphatic heterocycles. The zero-order chi connectivity index (χ0) is 18.5. The predicted molar refractivity (Wildman–Crippen MR) is 116 cm³/mol. The summed E-state index contributed by atoms with van der Waals surface area (Å²) >= 11 is 0. The second-order valence-corrected chi connectivity index (χ2v) is 6.48. The largest absolute Gasteiger partial charge is 0.490 e. The number of hydrogen-bond donors (Lipinski definition) is 0. The number of ether oxygens (including phenoxy) is 2. The van der Waals surface area contributed by atoms with Crippen molar-refractivity contribution < 1.29 is 14.3 Å². The SMILES string of the molecule is Cl.Cl.O=C1COC(c2ncccc2OCCN2CCCC2)=NN1c1ccccc1. The molecule has 9 heteroatoms. The fourth-order valence-electron chi connectivity index (χ4n) is 3.21. The summed E-state index contributed by atoms with van der Waals surface area (Å²) < 4.78 is 11.5. The molecule has 1 aromatic heterocycles. The van der Waals surface area contributed by atoms with Crippen LogP contribution >= 0.6 is 24.8 Å². The average Bonchev–Trinajstić information content (AvgIpc) is 3.23. The maximum absolute atomic E-state index is 12.2. The summed E-state index contributed by atoms with van der Waals surface area (Å²) in [4.78, 5) is 19.0. The number of hydrazone groups is 1. The van der Waals surface area contributed by atoms with Crippen molar-refractivity contribution in [3.63, 3.8) is 0 Å². The number of carbonyl (C=O) groups is 1. The van der Waals surface area contributed by atoms with Gasteiger partial charge in [0.1, 0.15) is 6.61 Å². The van der Waals surface area contributed by atoms with Crippen molar-refractivity contribution in [2.24, 2.45) is 5.10 Å². The van der Waals surface area contributed by atoms with Crippen LogP contribution in [-0.2, 0) is 9.53 Å². The van der Waals surface area contributed by atoms with E-state index < -0.39 is 0 Å². The first-order valence-electron chi connectivity index (χ1n) is 9.21. The van der Waals surface area contributed by atoms with Crippen LogP contribution in [0.2, 0.25) is 0 Å². The molecule has 156 valence electrons. The molecule has 1 saturated heterocycles. The van der Waals surface area contributed by atoms with Crippen molar-refractivity contribution in [1.29, 1.82) is 0 Å². The average molecular weight is 439 g/mol. The Bertz CT molecular complexity index is 829. The molecular weight excluding hydrogens is 415 g/mol. The van der Waals surface area contributed by atoms with Crippen LogP contribution in [0.4, 0.5) is 5.69 Å². The zero-order valence-electron chi connectivity index (χ0n) is 15.9. The lowest BCUT2D eigenvalue weighted by Gasteiger charge is -2.24. The van der Waals surface area contributed by atoms with Crippen molar-refractivity contribution in [3.05, 3.63) is 54.4 Å². The molecule has 4 rings (SSSR count). The molecule has 0 bridgehead atoms. The number of likely N-dealkylation sites (tertiary alicyclic amines) is 1. The van der Waals surface area contributed by atoms with E-state index in [0.29, 0.717) is 23.7 Å². The standard InChI is InChI=1S/C20H22N4O3.2ClH/c25-18-15-27-20(22-24(18)16-7-2-1-3-8-16)19-17(9-6-10-21-19)26-14-13-23-11-4-5-12-23;;/h1-3,6-10H,4-5,11-15H2;2*1H. The molecule has 7 nitrogen and oxygen atoms in total. The summed E-state index contributed by atoms with van der Waals surface area (Å²) in [5.41, 5.74) is 1.20. The first-order chi connectivity index (χ1) is 13.3. The number of halogens is 2. The molecule has 1 aromatic carbocycles. The smallest absolute Gasteiger partial charge is 0.285 e. The minimum atomic E-state index is -0.225. The summed E-state index contributed by atoms with van der Waals surface area (Å²) in [6.07, 6.45) is 4.18. The second-order valence-electron chi connectivity index (χ2n) is 6.48. The van der Waals surface area contributed by atoms with E-state index in [9.17, 15) is 4.79 Å². The van der Waals surface area contributed by atoms with Crippen LogP contribution in [-0.4, -0.2) is 54.5 Å². The normalized spacial score (nSPS) is 16.3. The van der Waals surface area contributed by atoms with E-state index in [-0.39, 0.29) is 43.2 Å².